The van der Waals surface area contributed by atoms with Crippen LogP contribution in [0.3, 0.4) is 0 Å². The second-order valence-corrected chi connectivity index (χ2v) is 12.5. The molecule has 3 heterocycles. The maximum atomic E-state index is 14.7. The predicted octanol–water partition coefficient (Wildman–Crippen LogP) is 6.12. The molecule has 9 nitrogen and oxygen atoms in total. The van der Waals surface area contributed by atoms with Crippen LogP contribution in [0.2, 0.25) is 0 Å². The van der Waals surface area contributed by atoms with Crippen LogP contribution in [0.15, 0.2) is 131 Å². The van der Waals surface area contributed by atoms with Gasteiger partial charge in [-0.25, -0.2) is 22.2 Å². The van der Waals surface area contributed by atoms with Crippen molar-refractivity contribution in [3.8, 4) is 11.3 Å². The van der Waals surface area contributed by atoms with Crippen molar-refractivity contribution in [1.29, 1.82) is 0 Å². The molecule has 0 aliphatic rings. The van der Waals surface area contributed by atoms with Gasteiger partial charge in [-0.2, -0.15) is 0 Å². The molecular formula is C36H32N4O5S. The summed E-state index contributed by atoms with van der Waals surface area (Å²) >= 11 is 0. The molecule has 3 aromatic heterocycles. The molecule has 10 heteroatoms. The third-order valence-corrected chi connectivity index (χ3v) is 9.54. The van der Waals surface area contributed by atoms with Crippen LogP contribution in [-0.4, -0.2) is 35.0 Å². The number of carbonyl (C=O) groups excluding carboxylic acids is 1. The van der Waals surface area contributed by atoms with Gasteiger partial charge in [0, 0.05) is 49.0 Å². The number of hydrogen-bond acceptors (Lipinski definition) is 7. The van der Waals surface area contributed by atoms with E-state index in [1.54, 1.807) is 36.5 Å². The smallest absolute Gasteiger partial charge is 0.340 e. The number of aryl methyl sites for hydroxylation is 1. The number of methoxy groups -OCH3 is 1. The van der Waals surface area contributed by atoms with Crippen molar-refractivity contribution in [1.82, 2.24) is 13.5 Å². The molecular weight excluding hydrogens is 600 g/mol. The summed E-state index contributed by atoms with van der Waals surface area (Å²) in [5.74, 6) is -0.286. The second kappa shape index (κ2) is 12.9. The average molecular weight is 633 g/mol. The van der Waals surface area contributed by atoms with Crippen LogP contribution in [0.1, 0.15) is 28.4 Å². The third-order valence-electron chi connectivity index (χ3n) is 7.81. The molecule has 6 rings (SSSR count). The molecule has 46 heavy (non-hydrogen) atoms. The molecule has 0 atom stereocenters. The predicted molar refractivity (Wildman–Crippen MR) is 178 cm³/mol. The minimum Gasteiger partial charge on any atom is -0.465 e. The zero-order valence-electron chi connectivity index (χ0n) is 25.4. The number of anilines is 1. The Morgan fingerprint density at radius 3 is 2.00 bits per heavy atom. The van der Waals surface area contributed by atoms with E-state index >= 15 is 0 Å². The average Bonchev–Trinajstić information content (AvgIpc) is 3.50. The van der Waals surface area contributed by atoms with Gasteiger partial charge in [-0.05, 0) is 42.3 Å². The number of rotatable bonds is 10. The highest BCUT2D eigenvalue weighted by atomic mass is 32.2. The summed E-state index contributed by atoms with van der Waals surface area (Å²) in [5, 5.41) is 0.353. The molecule has 0 aliphatic heterocycles. The molecule has 0 amide bonds. The van der Waals surface area contributed by atoms with Gasteiger partial charge in [-0.15, -0.1) is 0 Å². The van der Waals surface area contributed by atoms with Crippen molar-refractivity contribution in [2.24, 2.45) is 0 Å². The van der Waals surface area contributed by atoms with Gasteiger partial charge in [-0.1, -0.05) is 78.9 Å². The number of pyridine rings is 2. The van der Waals surface area contributed by atoms with Crippen molar-refractivity contribution in [3.63, 3.8) is 0 Å². The fourth-order valence-electron chi connectivity index (χ4n) is 5.56. The first-order valence-corrected chi connectivity index (χ1v) is 16.2. The highest BCUT2D eigenvalue weighted by Gasteiger charge is 2.30. The summed E-state index contributed by atoms with van der Waals surface area (Å²) in [4.78, 5) is 32.5. The lowest BCUT2D eigenvalue weighted by Crippen LogP contribution is -2.25. The summed E-state index contributed by atoms with van der Waals surface area (Å²) in [6, 6.07) is 32.4. The summed E-state index contributed by atoms with van der Waals surface area (Å²) in [7, 11) is -3.00. The van der Waals surface area contributed by atoms with Gasteiger partial charge >= 0.3 is 5.97 Å². The Labute approximate surface area is 267 Å². The zero-order chi connectivity index (χ0) is 32.3. The summed E-state index contributed by atoms with van der Waals surface area (Å²) < 4.78 is 37.3. The van der Waals surface area contributed by atoms with Crippen LogP contribution < -0.4 is 10.5 Å². The van der Waals surface area contributed by atoms with E-state index in [9.17, 15) is 18.0 Å². The van der Waals surface area contributed by atoms with Gasteiger partial charge in [0.15, 0.2) is 5.82 Å². The lowest BCUT2D eigenvalue weighted by molar-refractivity contribution is 0.0602. The summed E-state index contributed by atoms with van der Waals surface area (Å²) in [5.41, 5.74) is 2.87. The Morgan fingerprint density at radius 2 is 1.43 bits per heavy atom. The second-order valence-electron chi connectivity index (χ2n) is 10.7. The molecule has 0 saturated heterocycles. The highest BCUT2D eigenvalue weighted by Crippen LogP contribution is 2.39. The first kappa shape index (κ1) is 30.5. The van der Waals surface area contributed by atoms with E-state index in [0.29, 0.717) is 36.4 Å². The number of benzene rings is 3. The summed E-state index contributed by atoms with van der Waals surface area (Å²) in [6.45, 7) is 3.04. The third kappa shape index (κ3) is 5.82. The number of hydrogen-bond donors (Lipinski definition) is 0. The van der Waals surface area contributed by atoms with Crippen molar-refractivity contribution in [3.05, 3.63) is 149 Å². The fourth-order valence-corrected chi connectivity index (χ4v) is 7.11. The molecule has 0 radical (unpaired) electrons. The molecule has 0 saturated carbocycles. The van der Waals surface area contributed by atoms with Crippen molar-refractivity contribution >= 4 is 32.7 Å². The van der Waals surface area contributed by atoms with E-state index in [0.717, 1.165) is 11.1 Å². The first-order valence-electron chi connectivity index (χ1n) is 14.8. The molecule has 0 spiro atoms. The summed E-state index contributed by atoms with van der Waals surface area (Å²) in [6.07, 6.45) is 3.06. The minimum absolute atomic E-state index is 0.0599. The van der Waals surface area contributed by atoms with Gasteiger partial charge in [0.1, 0.15) is 5.52 Å². The van der Waals surface area contributed by atoms with Gasteiger partial charge in [-0.3, -0.25) is 4.79 Å². The molecule has 0 bridgehead atoms. The first-order chi connectivity index (χ1) is 22.3. The molecule has 0 N–H and O–H groups in total. The topological polar surface area (TPSA) is 104 Å². The Balaban J connectivity index is 1.72. The quantitative estimate of drug-likeness (QED) is 0.168. The van der Waals surface area contributed by atoms with Gasteiger partial charge in [0.2, 0.25) is 0 Å². The van der Waals surface area contributed by atoms with E-state index in [1.165, 1.54) is 40.0 Å². The Kier molecular flexibility index (Phi) is 8.54. The van der Waals surface area contributed by atoms with Crippen LogP contribution in [0.5, 0.6) is 0 Å². The molecule has 232 valence electrons. The van der Waals surface area contributed by atoms with Crippen molar-refractivity contribution in [2.75, 3.05) is 12.0 Å². The monoisotopic (exact) mass is 632 g/mol. The van der Waals surface area contributed by atoms with Crippen LogP contribution >= 0.6 is 0 Å². The zero-order valence-corrected chi connectivity index (χ0v) is 26.2. The highest BCUT2D eigenvalue weighted by molar-refractivity contribution is 7.90. The molecule has 0 unspecified atom stereocenters. The van der Waals surface area contributed by atoms with E-state index in [-0.39, 0.29) is 27.2 Å². The van der Waals surface area contributed by atoms with E-state index in [2.05, 4.69) is 0 Å². The standard InChI is InChI=1S/C36H32N4O5S/c1-3-38-25-28(19-20-33(38)41)32-21-30-31(36(42)45-2)22-37-35(34(30)40(32)46(43,44)29-17-11-6-12-18-29)39(23-26-13-7-4-8-14-26)24-27-15-9-5-10-16-27/h4-22,25H,3,23-24H2,1-2H3. The van der Waals surface area contributed by atoms with E-state index < -0.39 is 16.0 Å². The SMILES string of the molecule is CCn1cc(-c2cc3c(C(=O)OC)cnc(N(Cc4ccccc4)Cc4ccccc4)c3n2S(=O)(=O)c2ccccc2)ccc1=O. The number of carbonyl (C=O) groups is 1. The lowest BCUT2D eigenvalue weighted by atomic mass is 10.1. The number of aromatic nitrogens is 3. The van der Waals surface area contributed by atoms with Crippen LogP contribution in [0, 0.1) is 0 Å². The van der Waals surface area contributed by atoms with Gasteiger partial charge in [0.25, 0.3) is 15.6 Å². The Bertz CT molecular complexity index is 2140. The molecule has 6 aromatic rings. The fraction of sp³-hybridized carbons (Fsp3) is 0.139. The maximum absolute atomic E-state index is 14.7. The van der Waals surface area contributed by atoms with E-state index in [1.807, 2.05) is 72.5 Å². The van der Waals surface area contributed by atoms with E-state index in [4.69, 9.17) is 9.72 Å². The largest absolute Gasteiger partial charge is 0.465 e. The molecule has 3 aromatic carbocycles. The Hall–Kier alpha value is -5.48. The normalized spacial score (nSPS) is 11.4. The number of esters is 1. The molecule has 0 fully saturated rings. The molecule has 0 aliphatic carbocycles. The van der Waals surface area contributed by atoms with Gasteiger partial charge in [0.05, 0.1) is 23.3 Å². The van der Waals surface area contributed by atoms with Crippen molar-refractivity contribution in [2.45, 2.75) is 31.5 Å². The van der Waals surface area contributed by atoms with Crippen LogP contribution in [0.4, 0.5) is 5.82 Å². The maximum Gasteiger partial charge on any atom is 0.340 e. The number of nitrogens with zero attached hydrogens (tertiary/aromatic N) is 4. The number of fused-ring (bicyclic) bond motifs is 1. The lowest BCUT2D eigenvalue weighted by Gasteiger charge is -2.26. The minimum atomic E-state index is -4.27. The Morgan fingerprint density at radius 1 is 0.848 bits per heavy atom. The van der Waals surface area contributed by atoms with Crippen molar-refractivity contribution < 1.29 is 17.9 Å². The number of ether oxygens (including phenoxy) is 1. The van der Waals surface area contributed by atoms with Gasteiger partial charge < -0.3 is 14.2 Å². The van der Waals surface area contributed by atoms with Crippen LogP contribution in [-0.2, 0) is 34.4 Å². The van der Waals surface area contributed by atoms with Crippen LogP contribution in [0.25, 0.3) is 22.2 Å².